The van der Waals surface area contributed by atoms with Crippen molar-refractivity contribution in [2.24, 2.45) is 0 Å². The number of hydrogen-bond donors (Lipinski definition) is 6. The number of nitrogen functional groups attached to an aromatic ring is 4. The average Bonchev–Trinajstić information content (AvgIpc) is 2.46. The lowest BCUT2D eigenvalue weighted by Gasteiger charge is -2.06. The summed E-state index contributed by atoms with van der Waals surface area (Å²) in [5, 5.41) is 0. The van der Waals surface area contributed by atoms with Crippen molar-refractivity contribution in [2.75, 3.05) is 22.9 Å². The van der Waals surface area contributed by atoms with E-state index in [0.29, 0.717) is 11.1 Å². The van der Waals surface area contributed by atoms with E-state index >= 15 is 0 Å². The molecule has 0 aliphatic rings. The fraction of sp³-hybridized carbons (Fsp3) is 0.143. The van der Waals surface area contributed by atoms with Crippen LogP contribution in [0.3, 0.4) is 0 Å². The summed E-state index contributed by atoms with van der Waals surface area (Å²) in [6.07, 6.45) is 0. The standard InChI is InChI=1S/2C7H10N2O3S/c1-4-6(8)2-5(3-7(4)9)13(10,11)12;1-4-6(9)2-5(8)3-7(4)13(10,11)12/h2*2-3H,8-9H2,1H3,(H,10,11,12). The maximum atomic E-state index is 10.8. The molecule has 0 atom stereocenters. The van der Waals surface area contributed by atoms with Crippen LogP contribution in [0.2, 0.25) is 0 Å². The molecule has 2 aromatic carbocycles. The molecule has 0 bridgehead atoms. The molecule has 10 nitrogen and oxygen atoms in total. The molecule has 2 aromatic rings. The molecule has 0 saturated carbocycles. The van der Waals surface area contributed by atoms with Crippen LogP contribution in [0.4, 0.5) is 22.7 Å². The van der Waals surface area contributed by atoms with Gasteiger partial charge >= 0.3 is 0 Å². The summed E-state index contributed by atoms with van der Waals surface area (Å²) in [6.45, 7) is 3.16. The summed E-state index contributed by atoms with van der Waals surface area (Å²) in [5.41, 5.74) is 23.6. The maximum Gasteiger partial charge on any atom is 0.294 e. The number of anilines is 4. The third-order valence-corrected chi connectivity index (χ3v) is 5.27. The highest BCUT2D eigenvalue weighted by Gasteiger charge is 2.15. The lowest BCUT2D eigenvalue weighted by atomic mass is 10.2. The Kier molecular flexibility index (Phi) is 6.10. The molecule has 2 rings (SSSR count). The first-order valence-electron chi connectivity index (χ1n) is 6.90. The van der Waals surface area contributed by atoms with Gasteiger partial charge in [-0.05, 0) is 49.2 Å². The summed E-state index contributed by atoms with van der Waals surface area (Å²) in [6, 6.07) is 4.94. The van der Waals surface area contributed by atoms with Crippen molar-refractivity contribution in [3.05, 3.63) is 35.4 Å². The van der Waals surface area contributed by atoms with Crippen molar-refractivity contribution in [3.8, 4) is 0 Å². The van der Waals surface area contributed by atoms with Gasteiger partial charge < -0.3 is 22.9 Å². The monoisotopic (exact) mass is 404 g/mol. The summed E-state index contributed by atoms with van der Waals surface area (Å²) in [5.74, 6) is 0. The van der Waals surface area contributed by atoms with Crippen LogP contribution in [-0.2, 0) is 20.2 Å². The quantitative estimate of drug-likeness (QED) is 0.306. The molecule has 0 heterocycles. The van der Waals surface area contributed by atoms with E-state index in [0.717, 1.165) is 0 Å². The highest BCUT2D eigenvalue weighted by Crippen LogP contribution is 2.24. The molecule has 0 radical (unpaired) electrons. The fourth-order valence-electron chi connectivity index (χ4n) is 1.88. The van der Waals surface area contributed by atoms with Crippen molar-refractivity contribution < 1.29 is 25.9 Å². The Morgan fingerprint density at radius 2 is 1.12 bits per heavy atom. The molecule has 0 unspecified atom stereocenters. The van der Waals surface area contributed by atoms with E-state index in [2.05, 4.69) is 0 Å². The molecule has 0 saturated heterocycles. The first-order chi connectivity index (χ1) is 11.6. The molecule has 0 spiro atoms. The van der Waals surface area contributed by atoms with Crippen LogP contribution in [0.15, 0.2) is 34.1 Å². The van der Waals surface area contributed by atoms with Gasteiger partial charge in [-0.2, -0.15) is 16.8 Å². The van der Waals surface area contributed by atoms with Gasteiger partial charge in [0.25, 0.3) is 20.2 Å². The zero-order valence-corrected chi connectivity index (χ0v) is 15.6. The topological polar surface area (TPSA) is 213 Å². The molecule has 10 N–H and O–H groups in total. The van der Waals surface area contributed by atoms with E-state index < -0.39 is 20.2 Å². The first kappa shape index (κ1) is 21.5. The summed E-state index contributed by atoms with van der Waals surface area (Å²) in [7, 11) is -8.46. The Morgan fingerprint density at radius 3 is 1.50 bits per heavy atom. The molecule has 0 aromatic heterocycles. The SMILES string of the molecule is Cc1c(N)cc(N)cc1S(=O)(=O)O.Cc1c(N)cc(S(=O)(=O)O)cc1N. The Bertz CT molecular complexity index is 1030. The minimum Gasteiger partial charge on any atom is -0.399 e. The second kappa shape index (κ2) is 7.37. The largest absolute Gasteiger partial charge is 0.399 e. The second-order valence-corrected chi connectivity index (χ2v) is 8.22. The second-order valence-electron chi connectivity index (χ2n) is 5.41. The highest BCUT2D eigenvalue weighted by molar-refractivity contribution is 7.86. The van der Waals surface area contributed by atoms with E-state index in [-0.39, 0.29) is 32.5 Å². The summed E-state index contributed by atoms with van der Waals surface area (Å²) in [4.78, 5) is -0.530. The lowest BCUT2D eigenvalue weighted by Crippen LogP contribution is -2.05. The number of nitrogens with two attached hydrogens (primary N) is 4. The van der Waals surface area contributed by atoms with E-state index in [4.69, 9.17) is 32.0 Å². The fourth-order valence-corrected chi connectivity index (χ4v) is 3.22. The molecule has 26 heavy (non-hydrogen) atoms. The van der Waals surface area contributed by atoms with Crippen LogP contribution in [0, 0.1) is 13.8 Å². The molecule has 12 heteroatoms. The van der Waals surface area contributed by atoms with Crippen LogP contribution < -0.4 is 22.9 Å². The van der Waals surface area contributed by atoms with Crippen molar-refractivity contribution in [1.29, 1.82) is 0 Å². The minimum absolute atomic E-state index is 0.204. The normalized spacial score (nSPS) is 11.5. The molecule has 0 aliphatic carbocycles. The predicted molar refractivity (Wildman–Crippen MR) is 99.6 cm³/mol. The van der Waals surface area contributed by atoms with E-state index in [1.807, 2.05) is 0 Å². The zero-order valence-electron chi connectivity index (χ0n) is 14.0. The summed E-state index contributed by atoms with van der Waals surface area (Å²) >= 11 is 0. The predicted octanol–water partition coefficient (Wildman–Crippen LogP) is 0.812. The van der Waals surface area contributed by atoms with Gasteiger partial charge in [-0.25, -0.2) is 0 Å². The first-order valence-corrected chi connectivity index (χ1v) is 9.78. The van der Waals surface area contributed by atoms with Crippen LogP contribution in [-0.4, -0.2) is 25.9 Å². The van der Waals surface area contributed by atoms with E-state index in [9.17, 15) is 16.8 Å². The highest BCUT2D eigenvalue weighted by atomic mass is 32.2. The molecule has 0 fully saturated rings. The van der Waals surface area contributed by atoms with Gasteiger partial charge in [0.1, 0.15) is 4.90 Å². The van der Waals surface area contributed by atoms with Gasteiger partial charge in [0.2, 0.25) is 0 Å². The molecular weight excluding hydrogens is 384 g/mol. The molecule has 0 amide bonds. The third-order valence-electron chi connectivity index (χ3n) is 3.46. The third kappa shape index (κ3) is 5.23. The van der Waals surface area contributed by atoms with E-state index in [1.54, 1.807) is 6.92 Å². The summed E-state index contributed by atoms with van der Waals surface area (Å²) < 4.78 is 60.5. The van der Waals surface area contributed by atoms with Gasteiger partial charge in [-0.1, -0.05) is 0 Å². The Morgan fingerprint density at radius 1 is 0.692 bits per heavy atom. The average molecular weight is 404 g/mol. The van der Waals surface area contributed by atoms with Crippen LogP contribution in [0.1, 0.15) is 11.1 Å². The Balaban J connectivity index is 0.000000260. The van der Waals surface area contributed by atoms with Crippen LogP contribution in [0.5, 0.6) is 0 Å². The van der Waals surface area contributed by atoms with Crippen molar-refractivity contribution in [1.82, 2.24) is 0 Å². The van der Waals surface area contributed by atoms with Gasteiger partial charge in [-0.3, -0.25) is 9.11 Å². The maximum absolute atomic E-state index is 10.8. The Labute approximate surface area is 151 Å². The van der Waals surface area contributed by atoms with Crippen molar-refractivity contribution in [3.63, 3.8) is 0 Å². The minimum atomic E-state index is -4.24. The molecule has 144 valence electrons. The zero-order chi connectivity index (χ0) is 20.4. The van der Waals surface area contributed by atoms with Gasteiger partial charge in [0.15, 0.2) is 0 Å². The number of hydrogen-bond acceptors (Lipinski definition) is 8. The smallest absolute Gasteiger partial charge is 0.294 e. The molecule has 0 aliphatic heterocycles. The van der Waals surface area contributed by atoms with Crippen LogP contribution >= 0.6 is 0 Å². The van der Waals surface area contributed by atoms with Gasteiger partial charge in [-0.15, -0.1) is 0 Å². The van der Waals surface area contributed by atoms with Crippen molar-refractivity contribution in [2.45, 2.75) is 23.6 Å². The Hall–Kier alpha value is -2.54. The van der Waals surface area contributed by atoms with Crippen LogP contribution in [0.25, 0.3) is 0 Å². The lowest BCUT2D eigenvalue weighted by molar-refractivity contribution is 0.480. The number of benzene rings is 2. The molecular formula is C14H20N4O6S2. The van der Waals surface area contributed by atoms with Gasteiger partial charge in [0, 0.05) is 22.7 Å². The van der Waals surface area contributed by atoms with Crippen molar-refractivity contribution >= 4 is 43.0 Å². The van der Waals surface area contributed by atoms with Gasteiger partial charge in [0.05, 0.1) is 4.90 Å². The number of rotatable bonds is 2. The van der Waals surface area contributed by atoms with E-state index in [1.165, 1.54) is 31.2 Å².